The van der Waals surface area contributed by atoms with E-state index >= 15 is 0 Å². The van der Waals surface area contributed by atoms with Gasteiger partial charge in [0.15, 0.2) is 0 Å². The summed E-state index contributed by atoms with van der Waals surface area (Å²) in [4.78, 5) is 30.8. The first-order chi connectivity index (χ1) is 15.6. The molecule has 0 bridgehead atoms. The first kappa shape index (κ1) is 20.0. The largest absolute Gasteiger partial charge is 0.497 e. The van der Waals surface area contributed by atoms with Crippen molar-refractivity contribution in [3.63, 3.8) is 0 Å². The van der Waals surface area contributed by atoms with Crippen LogP contribution in [0, 0.1) is 0 Å². The molecular formula is C23H18N4O4S. The van der Waals surface area contributed by atoms with E-state index in [4.69, 9.17) is 9.26 Å². The fraction of sp³-hybridized carbons (Fsp3) is 0.130. The highest BCUT2D eigenvalue weighted by atomic mass is 32.1. The van der Waals surface area contributed by atoms with Crippen LogP contribution in [0.15, 0.2) is 80.2 Å². The van der Waals surface area contributed by atoms with Crippen LogP contribution in [0.25, 0.3) is 21.6 Å². The molecule has 0 atom stereocenters. The van der Waals surface area contributed by atoms with Crippen LogP contribution in [0.2, 0.25) is 0 Å². The molecule has 0 aliphatic heterocycles. The van der Waals surface area contributed by atoms with Gasteiger partial charge in [0.25, 0.3) is 5.56 Å². The van der Waals surface area contributed by atoms with Crippen LogP contribution in [-0.2, 0) is 13.1 Å². The van der Waals surface area contributed by atoms with Crippen LogP contribution in [0.4, 0.5) is 0 Å². The van der Waals surface area contributed by atoms with Crippen molar-refractivity contribution in [3.05, 3.63) is 98.3 Å². The molecule has 5 aromatic rings. The number of methoxy groups -OCH3 is 1. The van der Waals surface area contributed by atoms with Crippen LogP contribution >= 0.6 is 11.3 Å². The molecule has 0 unspecified atom stereocenters. The summed E-state index contributed by atoms with van der Waals surface area (Å²) >= 11 is 1.30. The smallest absolute Gasteiger partial charge is 0.332 e. The summed E-state index contributed by atoms with van der Waals surface area (Å²) in [5.74, 6) is 1.39. The van der Waals surface area contributed by atoms with Crippen molar-refractivity contribution in [1.29, 1.82) is 0 Å². The molecule has 2 aromatic carbocycles. The lowest BCUT2D eigenvalue weighted by molar-refractivity contribution is 0.369. The Hall–Kier alpha value is -3.98. The normalized spacial score (nSPS) is 11.2. The van der Waals surface area contributed by atoms with Crippen LogP contribution in [0.1, 0.15) is 11.5 Å². The lowest BCUT2D eigenvalue weighted by Gasteiger charge is -2.11. The Balaban J connectivity index is 1.56. The van der Waals surface area contributed by atoms with E-state index < -0.39 is 5.69 Å². The maximum absolute atomic E-state index is 13.4. The fourth-order valence-electron chi connectivity index (χ4n) is 3.54. The van der Waals surface area contributed by atoms with Gasteiger partial charge in [-0.2, -0.15) is 4.98 Å². The van der Waals surface area contributed by atoms with Crippen LogP contribution < -0.4 is 16.0 Å². The first-order valence-electron chi connectivity index (χ1n) is 9.86. The van der Waals surface area contributed by atoms with E-state index in [2.05, 4.69) is 10.1 Å². The second-order valence-electron chi connectivity index (χ2n) is 7.12. The van der Waals surface area contributed by atoms with Crippen LogP contribution in [0.3, 0.4) is 0 Å². The highest BCUT2D eigenvalue weighted by Crippen LogP contribution is 2.19. The van der Waals surface area contributed by atoms with Crippen molar-refractivity contribution in [3.8, 4) is 17.1 Å². The fourth-order valence-corrected chi connectivity index (χ4v) is 4.38. The highest BCUT2D eigenvalue weighted by molar-refractivity contribution is 7.17. The third kappa shape index (κ3) is 3.63. The number of aromatic nitrogens is 4. The van der Waals surface area contributed by atoms with Crippen molar-refractivity contribution in [2.45, 2.75) is 13.1 Å². The minimum absolute atomic E-state index is 0.0598. The van der Waals surface area contributed by atoms with Gasteiger partial charge in [-0.15, -0.1) is 11.3 Å². The molecule has 0 spiro atoms. The Morgan fingerprint density at radius 2 is 1.84 bits per heavy atom. The molecule has 0 saturated carbocycles. The number of ether oxygens (including phenoxy) is 1. The summed E-state index contributed by atoms with van der Waals surface area (Å²) in [7, 11) is 1.57. The van der Waals surface area contributed by atoms with Gasteiger partial charge in [-0.25, -0.2) is 4.79 Å². The molecule has 3 aromatic heterocycles. The van der Waals surface area contributed by atoms with Gasteiger partial charge >= 0.3 is 5.69 Å². The molecule has 0 fully saturated rings. The third-order valence-electron chi connectivity index (χ3n) is 5.10. The molecule has 0 radical (unpaired) electrons. The second kappa shape index (κ2) is 8.27. The van der Waals surface area contributed by atoms with E-state index in [-0.39, 0.29) is 24.5 Å². The number of rotatable bonds is 6. The highest BCUT2D eigenvalue weighted by Gasteiger charge is 2.17. The summed E-state index contributed by atoms with van der Waals surface area (Å²) in [6.07, 6.45) is 0. The third-order valence-corrected chi connectivity index (χ3v) is 6.00. The second-order valence-corrected chi connectivity index (χ2v) is 8.04. The maximum Gasteiger partial charge on any atom is 0.332 e. The standard InChI is InChI=1S/C23H18N4O4S/c1-30-17-9-5-6-15(12-17)13-27-22(28)20-18(10-11-32-20)26(23(27)29)14-19-24-21(25-31-19)16-7-3-2-4-8-16/h2-12H,13-14H2,1H3. The topological polar surface area (TPSA) is 92.2 Å². The van der Waals surface area contributed by atoms with Crippen molar-refractivity contribution in [2.24, 2.45) is 0 Å². The Bertz CT molecular complexity index is 1510. The van der Waals surface area contributed by atoms with E-state index in [1.807, 2.05) is 48.5 Å². The number of nitrogens with zero attached hydrogens (tertiary/aromatic N) is 4. The molecule has 0 aliphatic carbocycles. The molecule has 5 rings (SSSR count). The Morgan fingerprint density at radius 1 is 1.00 bits per heavy atom. The van der Waals surface area contributed by atoms with Gasteiger partial charge in [0.1, 0.15) is 17.0 Å². The summed E-state index contributed by atoms with van der Waals surface area (Å²) in [6, 6.07) is 18.5. The molecule has 0 aliphatic rings. The molecule has 8 nitrogen and oxygen atoms in total. The number of thiophene rings is 1. The van der Waals surface area contributed by atoms with Crippen molar-refractivity contribution < 1.29 is 9.26 Å². The Labute approximate surface area is 186 Å². The first-order valence-corrected chi connectivity index (χ1v) is 10.7. The number of hydrogen-bond acceptors (Lipinski definition) is 7. The minimum atomic E-state index is -0.441. The number of fused-ring (bicyclic) bond motifs is 1. The molecule has 0 N–H and O–H groups in total. The summed E-state index contributed by atoms with van der Waals surface area (Å²) in [5, 5.41) is 5.82. The predicted octanol–water partition coefficient (Wildman–Crippen LogP) is 3.38. The van der Waals surface area contributed by atoms with Gasteiger partial charge in [0, 0.05) is 5.56 Å². The molecule has 32 heavy (non-hydrogen) atoms. The quantitative estimate of drug-likeness (QED) is 0.397. The van der Waals surface area contributed by atoms with Gasteiger partial charge < -0.3 is 9.26 Å². The molecule has 9 heteroatoms. The van der Waals surface area contributed by atoms with E-state index in [9.17, 15) is 9.59 Å². The summed E-state index contributed by atoms with van der Waals surface area (Å²) in [6.45, 7) is 0.187. The average molecular weight is 446 g/mol. The van der Waals surface area contributed by atoms with Gasteiger partial charge in [-0.3, -0.25) is 13.9 Å². The zero-order valence-corrected chi connectivity index (χ0v) is 17.9. The Kier molecular flexibility index (Phi) is 5.16. The van der Waals surface area contributed by atoms with Gasteiger partial charge in [0.05, 0.1) is 19.2 Å². The van der Waals surface area contributed by atoms with Gasteiger partial charge in [-0.1, -0.05) is 47.6 Å². The molecule has 0 saturated heterocycles. The van der Waals surface area contributed by atoms with Crippen LogP contribution in [0.5, 0.6) is 5.75 Å². The zero-order valence-electron chi connectivity index (χ0n) is 17.1. The van der Waals surface area contributed by atoms with Gasteiger partial charge in [-0.05, 0) is 29.1 Å². The SMILES string of the molecule is COc1cccc(Cn2c(=O)c3sccc3n(Cc3nc(-c4ccccc4)no3)c2=O)c1. The molecule has 160 valence electrons. The minimum Gasteiger partial charge on any atom is -0.497 e. The number of hydrogen-bond donors (Lipinski definition) is 0. The predicted molar refractivity (Wildman–Crippen MR) is 121 cm³/mol. The van der Waals surface area contributed by atoms with E-state index in [0.29, 0.717) is 21.8 Å². The van der Waals surface area contributed by atoms with Crippen molar-refractivity contribution in [1.82, 2.24) is 19.3 Å². The summed E-state index contributed by atoms with van der Waals surface area (Å²) in [5.41, 5.74) is 1.39. The van der Waals surface area contributed by atoms with Crippen molar-refractivity contribution >= 4 is 21.6 Å². The average Bonchev–Trinajstić information content (AvgIpc) is 3.50. The zero-order chi connectivity index (χ0) is 22.1. The monoisotopic (exact) mass is 446 g/mol. The molecule has 3 heterocycles. The Morgan fingerprint density at radius 3 is 2.66 bits per heavy atom. The van der Waals surface area contributed by atoms with Crippen molar-refractivity contribution in [2.75, 3.05) is 7.11 Å². The molecular weight excluding hydrogens is 428 g/mol. The van der Waals surface area contributed by atoms with E-state index in [0.717, 1.165) is 11.1 Å². The maximum atomic E-state index is 13.4. The summed E-state index contributed by atoms with van der Waals surface area (Å²) < 4.78 is 13.9. The van der Waals surface area contributed by atoms with Crippen LogP contribution in [-0.4, -0.2) is 26.4 Å². The lowest BCUT2D eigenvalue weighted by Crippen LogP contribution is -2.40. The van der Waals surface area contributed by atoms with Gasteiger partial charge in [0.2, 0.25) is 11.7 Å². The van der Waals surface area contributed by atoms with E-state index in [1.165, 1.54) is 20.5 Å². The van der Waals surface area contributed by atoms with E-state index in [1.54, 1.807) is 24.6 Å². The number of benzene rings is 2. The molecule has 0 amide bonds. The lowest BCUT2D eigenvalue weighted by atomic mass is 10.2.